The maximum Gasteiger partial charge on any atom is 0.272 e. The second-order valence-corrected chi connectivity index (χ2v) is 7.46. The third-order valence-corrected chi connectivity index (χ3v) is 5.75. The molecule has 4 rings (SSSR count). The average Bonchev–Trinajstić information content (AvgIpc) is 3.18. The van der Waals surface area contributed by atoms with Crippen LogP contribution in [0.4, 0.5) is 0 Å². The molecule has 2 fully saturated rings. The molecular weight excluding hydrogens is 326 g/mol. The predicted molar refractivity (Wildman–Crippen MR) is 100 cm³/mol. The van der Waals surface area contributed by atoms with Crippen molar-refractivity contribution in [3.05, 3.63) is 59.4 Å². The van der Waals surface area contributed by atoms with Gasteiger partial charge in [0.05, 0.1) is 7.11 Å². The smallest absolute Gasteiger partial charge is 0.272 e. The molecule has 136 valence electrons. The van der Waals surface area contributed by atoms with Crippen molar-refractivity contribution in [2.75, 3.05) is 33.8 Å². The van der Waals surface area contributed by atoms with E-state index in [1.165, 1.54) is 5.56 Å². The molecule has 1 aromatic carbocycles. The molecule has 0 radical (unpaired) electrons. The summed E-state index contributed by atoms with van der Waals surface area (Å²) in [5.74, 6) is 1.90. The van der Waals surface area contributed by atoms with E-state index in [2.05, 4.69) is 29.1 Å². The van der Waals surface area contributed by atoms with Gasteiger partial charge in [0.2, 0.25) is 0 Å². The number of ether oxygens (including phenoxy) is 1. The van der Waals surface area contributed by atoms with Crippen LogP contribution in [0.15, 0.2) is 42.5 Å². The highest BCUT2D eigenvalue weighted by atomic mass is 16.5. The second kappa shape index (κ2) is 6.72. The van der Waals surface area contributed by atoms with Gasteiger partial charge < -0.3 is 9.64 Å². The molecule has 0 saturated carbocycles. The SMILES string of the molecule is COc1ccc([C@@H]2[C@@H]3CN(C(=O)c4cccc(C)n4)C[C@@H]3CN2C)cc1. The standard InChI is InChI=1S/C21H25N3O2/c1-14-5-4-6-19(22-14)21(25)24-12-16-11-23(2)20(18(16)13-24)15-7-9-17(26-3)10-8-15/h4-10,16,18,20H,11-13H2,1-3H3/t16-,18+,20+/m0/s1. The number of methoxy groups -OCH3 is 1. The Morgan fingerprint density at radius 3 is 2.58 bits per heavy atom. The van der Waals surface area contributed by atoms with Crippen molar-refractivity contribution in [2.24, 2.45) is 11.8 Å². The van der Waals surface area contributed by atoms with Crippen molar-refractivity contribution in [1.29, 1.82) is 0 Å². The first kappa shape index (κ1) is 17.0. The fourth-order valence-electron chi connectivity index (χ4n) is 4.55. The molecular formula is C21H25N3O2. The monoisotopic (exact) mass is 351 g/mol. The van der Waals surface area contributed by atoms with Gasteiger partial charge in [0.1, 0.15) is 11.4 Å². The van der Waals surface area contributed by atoms with Crippen LogP contribution >= 0.6 is 0 Å². The van der Waals surface area contributed by atoms with E-state index in [9.17, 15) is 4.79 Å². The zero-order valence-electron chi connectivity index (χ0n) is 15.6. The lowest BCUT2D eigenvalue weighted by molar-refractivity contribution is 0.0762. The third-order valence-electron chi connectivity index (χ3n) is 5.75. The first-order valence-electron chi connectivity index (χ1n) is 9.14. The minimum absolute atomic E-state index is 0.0548. The van der Waals surface area contributed by atoms with E-state index in [1.54, 1.807) is 7.11 Å². The van der Waals surface area contributed by atoms with Crippen molar-refractivity contribution in [2.45, 2.75) is 13.0 Å². The van der Waals surface area contributed by atoms with Crippen LogP contribution in [0.1, 0.15) is 27.8 Å². The summed E-state index contributed by atoms with van der Waals surface area (Å²) >= 11 is 0. The maximum atomic E-state index is 12.9. The van der Waals surface area contributed by atoms with E-state index >= 15 is 0 Å². The number of rotatable bonds is 3. The van der Waals surface area contributed by atoms with E-state index in [0.29, 0.717) is 23.6 Å². The first-order valence-corrected chi connectivity index (χ1v) is 9.14. The Bertz CT molecular complexity index is 805. The van der Waals surface area contributed by atoms with Crippen molar-refractivity contribution < 1.29 is 9.53 Å². The molecule has 0 aliphatic carbocycles. The molecule has 2 saturated heterocycles. The van der Waals surface area contributed by atoms with Gasteiger partial charge in [-0.1, -0.05) is 18.2 Å². The van der Waals surface area contributed by atoms with Crippen molar-refractivity contribution in [1.82, 2.24) is 14.8 Å². The Morgan fingerprint density at radius 1 is 1.12 bits per heavy atom. The summed E-state index contributed by atoms with van der Waals surface area (Å²) in [6, 6.07) is 14.3. The number of aryl methyl sites for hydroxylation is 1. The predicted octanol–water partition coefficient (Wildman–Crippen LogP) is 2.77. The zero-order chi connectivity index (χ0) is 18.3. The van der Waals surface area contributed by atoms with Gasteiger partial charge in [-0.2, -0.15) is 0 Å². The van der Waals surface area contributed by atoms with Gasteiger partial charge in [0.15, 0.2) is 0 Å². The number of pyridine rings is 1. The summed E-state index contributed by atoms with van der Waals surface area (Å²) < 4.78 is 5.28. The fraction of sp³-hybridized carbons (Fsp3) is 0.429. The van der Waals surface area contributed by atoms with Crippen LogP contribution in [-0.2, 0) is 0 Å². The molecule has 0 bridgehead atoms. The highest BCUT2D eigenvalue weighted by Crippen LogP contribution is 2.44. The topological polar surface area (TPSA) is 45.7 Å². The number of hydrogen-bond donors (Lipinski definition) is 0. The number of nitrogens with zero attached hydrogens (tertiary/aromatic N) is 3. The average molecular weight is 351 g/mol. The number of carbonyl (C=O) groups excluding carboxylic acids is 1. The Balaban J connectivity index is 1.53. The summed E-state index contributed by atoms with van der Waals surface area (Å²) in [7, 11) is 3.87. The molecule has 1 aromatic heterocycles. The molecule has 26 heavy (non-hydrogen) atoms. The van der Waals surface area contributed by atoms with E-state index in [-0.39, 0.29) is 5.91 Å². The normalized spacial score (nSPS) is 25.3. The van der Waals surface area contributed by atoms with Gasteiger partial charge in [-0.05, 0) is 49.7 Å². The zero-order valence-corrected chi connectivity index (χ0v) is 15.6. The minimum atomic E-state index is 0.0548. The van der Waals surface area contributed by atoms with Crippen molar-refractivity contribution >= 4 is 5.91 Å². The lowest BCUT2D eigenvalue weighted by Gasteiger charge is -2.27. The molecule has 0 unspecified atom stereocenters. The molecule has 5 nitrogen and oxygen atoms in total. The number of carbonyl (C=O) groups is 1. The molecule has 0 N–H and O–H groups in total. The van der Waals surface area contributed by atoms with Crippen molar-refractivity contribution in [3.8, 4) is 5.75 Å². The Labute approximate surface area is 154 Å². The molecule has 5 heteroatoms. The van der Waals surface area contributed by atoms with E-state index in [0.717, 1.165) is 31.1 Å². The van der Waals surface area contributed by atoms with Crippen LogP contribution in [-0.4, -0.2) is 54.5 Å². The summed E-state index contributed by atoms with van der Waals surface area (Å²) in [6.45, 7) is 4.55. The van der Waals surface area contributed by atoms with E-state index in [4.69, 9.17) is 4.74 Å². The molecule has 1 amide bonds. The number of amides is 1. The van der Waals surface area contributed by atoms with Crippen LogP contribution in [0.2, 0.25) is 0 Å². The summed E-state index contributed by atoms with van der Waals surface area (Å²) in [5, 5.41) is 0. The van der Waals surface area contributed by atoms with Gasteiger partial charge >= 0.3 is 0 Å². The molecule has 0 spiro atoms. The van der Waals surface area contributed by atoms with Gasteiger partial charge in [0.25, 0.3) is 5.91 Å². The number of fused-ring (bicyclic) bond motifs is 1. The van der Waals surface area contributed by atoms with Crippen LogP contribution in [0, 0.1) is 18.8 Å². The number of hydrogen-bond acceptors (Lipinski definition) is 4. The number of aromatic nitrogens is 1. The number of benzene rings is 1. The van der Waals surface area contributed by atoms with Crippen molar-refractivity contribution in [3.63, 3.8) is 0 Å². The molecule has 3 heterocycles. The molecule has 2 aromatic rings. The van der Waals surface area contributed by atoms with Gasteiger partial charge in [-0.25, -0.2) is 4.98 Å². The lowest BCUT2D eigenvalue weighted by atomic mass is 9.89. The minimum Gasteiger partial charge on any atom is -0.497 e. The van der Waals surface area contributed by atoms with Crippen LogP contribution in [0.3, 0.4) is 0 Å². The van der Waals surface area contributed by atoms with E-state index < -0.39 is 0 Å². The van der Waals surface area contributed by atoms with Gasteiger partial charge in [-0.15, -0.1) is 0 Å². The van der Waals surface area contributed by atoms with Gasteiger partial charge in [0, 0.05) is 37.3 Å². The first-order chi connectivity index (χ1) is 12.6. The largest absolute Gasteiger partial charge is 0.497 e. The lowest BCUT2D eigenvalue weighted by Crippen LogP contribution is -2.33. The van der Waals surface area contributed by atoms with Crippen LogP contribution < -0.4 is 4.74 Å². The summed E-state index contributed by atoms with van der Waals surface area (Å²) in [5.41, 5.74) is 2.73. The quantitative estimate of drug-likeness (QED) is 0.853. The summed E-state index contributed by atoms with van der Waals surface area (Å²) in [4.78, 5) is 21.7. The maximum absolute atomic E-state index is 12.9. The highest BCUT2D eigenvalue weighted by Gasteiger charge is 2.47. The number of likely N-dealkylation sites (tertiary alicyclic amines) is 2. The second-order valence-electron chi connectivity index (χ2n) is 7.46. The van der Waals surface area contributed by atoms with Crippen LogP contribution in [0.25, 0.3) is 0 Å². The fourth-order valence-corrected chi connectivity index (χ4v) is 4.55. The van der Waals surface area contributed by atoms with Gasteiger partial charge in [-0.3, -0.25) is 9.69 Å². The third kappa shape index (κ3) is 2.97. The highest BCUT2D eigenvalue weighted by molar-refractivity contribution is 5.92. The Hall–Kier alpha value is -2.40. The molecule has 2 aliphatic rings. The Morgan fingerprint density at radius 2 is 1.88 bits per heavy atom. The molecule has 3 atom stereocenters. The Kier molecular flexibility index (Phi) is 4.41. The van der Waals surface area contributed by atoms with E-state index in [1.807, 2.05) is 42.2 Å². The van der Waals surface area contributed by atoms with Crippen LogP contribution in [0.5, 0.6) is 5.75 Å². The molecule has 2 aliphatic heterocycles. The summed E-state index contributed by atoms with van der Waals surface area (Å²) in [6.07, 6.45) is 0.